The van der Waals surface area contributed by atoms with Crippen molar-refractivity contribution in [3.05, 3.63) is 0 Å². The van der Waals surface area contributed by atoms with Gasteiger partial charge in [-0.05, 0) is 38.1 Å². The Hall–Kier alpha value is -1.10. The van der Waals surface area contributed by atoms with E-state index in [9.17, 15) is 9.59 Å². The van der Waals surface area contributed by atoms with E-state index in [1.165, 1.54) is 19.3 Å². The fourth-order valence-electron chi connectivity index (χ4n) is 2.49. The minimum absolute atomic E-state index is 0.0370. The summed E-state index contributed by atoms with van der Waals surface area (Å²) in [5, 5.41) is 11.9. The highest BCUT2D eigenvalue weighted by Crippen LogP contribution is 2.25. The molecular weight excluding hydrogens is 220 g/mol. The van der Waals surface area contributed by atoms with Crippen molar-refractivity contribution < 1.29 is 14.7 Å². The molecule has 1 amide bonds. The first-order chi connectivity index (χ1) is 8.16. The first-order valence-electron chi connectivity index (χ1n) is 6.40. The van der Waals surface area contributed by atoms with Crippen molar-refractivity contribution in [1.82, 2.24) is 10.2 Å². The molecule has 1 aliphatic carbocycles. The van der Waals surface area contributed by atoms with Crippen LogP contribution in [0.3, 0.4) is 0 Å². The number of rotatable bonds is 5. The van der Waals surface area contributed by atoms with Gasteiger partial charge in [-0.15, -0.1) is 0 Å². The van der Waals surface area contributed by atoms with Crippen LogP contribution in [0.4, 0.5) is 0 Å². The molecule has 17 heavy (non-hydrogen) atoms. The van der Waals surface area contributed by atoms with Crippen molar-refractivity contribution in [3.8, 4) is 0 Å². The van der Waals surface area contributed by atoms with E-state index in [1.54, 1.807) is 4.90 Å². The molecule has 1 atom stereocenters. The molecule has 2 N–H and O–H groups in total. The fraction of sp³-hybridized carbons (Fsp3) is 0.833. The Bertz CT molecular complexity index is 302. The fourth-order valence-corrected chi connectivity index (χ4v) is 2.49. The van der Waals surface area contributed by atoms with Crippen molar-refractivity contribution in [2.24, 2.45) is 5.92 Å². The molecule has 0 aromatic rings. The molecule has 1 saturated heterocycles. The van der Waals surface area contributed by atoms with Crippen LogP contribution in [0, 0.1) is 5.92 Å². The van der Waals surface area contributed by atoms with Gasteiger partial charge < -0.3 is 10.4 Å². The molecule has 1 saturated carbocycles. The molecule has 2 rings (SSSR count). The Kier molecular flexibility index (Phi) is 3.99. The second kappa shape index (κ2) is 5.49. The lowest BCUT2D eigenvalue weighted by Gasteiger charge is -2.26. The summed E-state index contributed by atoms with van der Waals surface area (Å²) in [6.07, 6.45) is 5.22. The second-order valence-corrected chi connectivity index (χ2v) is 5.07. The first kappa shape index (κ1) is 12.4. The number of nitrogens with zero attached hydrogens (tertiary/aromatic N) is 1. The highest BCUT2D eigenvalue weighted by atomic mass is 16.4. The van der Waals surface area contributed by atoms with Gasteiger partial charge in [0.2, 0.25) is 5.91 Å². The SMILES string of the molecule is O=C(CN1CCC[C@H]1C(=O)O)NCC1CCC1. The van der Waals surface area contributed by atoms with Crippen molar-refractivity contribution in [2.45, 2.75) is 38.1 Å². The van der Waals surface area contributed by atoms with Gasteiger partial charge in [0.15, 0.2) is 0 Å². The Balaban J connectivity index is 1.71. The van der Waals surface area contributed by atoms with Gasteiger partial charge >= 0.3 is 5.97 Å². The summed E-state index contributed by atoms with van der Waals surface area (Å²) < 4.78 is 0. The van der Waals surface area contributed by atoms with E-state index in [0.29, 0.717) is 18.9 Å². The second-order valence-electron chi connectivity index (χ2n) is 5.07. The molecule has 96 valence electrons. The van der Waals surface area contributed by atoms with Gasteiger partial charge in [0, 0.05) is 6.54 Å². The number of carbonyl (C=O) groups excluding carboxylic acids is 1. The van der Waals surface area contributed by atoms with Gasteiger partial charge in [-0.1, -0.05) is 6.42 Å². The van der Waals surface area contributed by atoms with Gasteiger partial charge in [-0.3, -0.25) is 14.5 Å². The number of hydrogen-bond acceptors (Lipinski definition) is 3. The Labute approximate surface area is 101 Å². The molecular formula is C12H20N2O3. The maximum atomic E-state index is 11.7. The Morgan fingerprint density at radius 3 is 2.59 bits per heavy atom. The summed E-state index contributed by atoms with van der Waals surface area (Å²) in [6, 6.07) is -0.468. The third-order valence-corrected chi connectivity index (χ3v) is 3.81. The van der Waals surface area contributed by atoms with Gasteiger partial charge in [0.05, 0.1) is 6.54 Å². The molecule has 5 nitrogen and oxygen atoms in total. The van der Waals surface area contributed by atoms with Crippen molar-refractivity contribution in [1.29, 1.82) is 0 Å². The summed E-state index contributed by atoms with van der Waals surface area (Å²) >= 11 is 0. The molecule has 5 heteroatoms. The predicted octanol–water partition coefficient (Wildman–Crippen LogP) is 0.452. The number of aliphatic carboxylic acids is 1. The topological polar surface area (TPSA) is 69.6 Å². The van der Waals surface area contributed by atoms with Crippen molar-refractivity contribution >= 4 is 11.9 Å². The lowest BCUT2D eigenvalue weighted by Crippen LogP contribution is -2.44. The summed E-state index contributed by atoms with van der Waals surface area (Å²) in [6.45, 7) is 1.70. The molecule has 1 heterocycles. The van der Waals surface area contributed by atoms with Crippen LogP contribution in [0.2, 0.25) is 0 Å². The number of carboxylic acid groups (broad SMARTS) is 1. The lowest BCUT2D eigenvalue weighted by atomic mass is 9.85. The standard InChI is InChI=1S/C12H20N2O3/c15-11(13-7-9-3-1-4-9)8-14-6-2-5-10(14)12(16)17/h9-10H,1-8H2,(H,13,15)(H,16,17)/t10-/m0/s1. The van der Waals surface area contributed by atoms with Crippen LogP contribution in [0.5, 0.6) is 0 Å². The number of carbonyl (C=O) groups is 2. The van der Waals surface area contributed by atoms with Crippen LogP contribution in [-0.2, 0) is 9.59 Å². The van der Waals surface area contributed by atoms with Gasteiger partial charge in [0.25, 0.3) is 0 Å². The zero-order valence-corrected chi connectivity index (χ0v) is 10.0. The maximum absolute atomic E-state index is 11.7. The van der Waals surface area contributed by atoms with Crippen LogP contribution in [-0.4, -0.2) is 47.6 Å². The van der Waals surface area contributed by atoms with E-state index in [4.69, 9.17) is 5.11 Å². The number of carboxylic acids is 1. The van der Waals surface area contributed by atoms with Gasteiger partial charge in [-0.25, -0.2) is 0 Å². The Morgan fingerprint density at radius 1 is 1.24 bits per heavy atom. The molecule has 2 fully saturated rings. The third kappa shape index (κ3) is 3.19. The normalized spacial score (nSPS) is 25.5. The molecule has 0 bridgehead atoms. The molecule has 0 aromatic heterocycles. The van der Waals surface area contributed by atoms with E-state index in [1.807, 2.05) is 0 Å². The van der Waals surface area contributed by atoms with Crippen LogP contribution in [0.1, 0.15) is 32.1 Å². The van der Waals surface area contributed by atoms with Crippen LogP contribution >= 0.6 is 0 Å². The minimum Gasteiger partial charge on any atom is -0.480 e. The highest BCUT2D eigenvalue weighted by Gasteiger charge is 2.31. The molecule has 0 unspecified atom stereocenters. The summed E-state index contributed by atoms with van der Waals surface area (Å²) in [4.78, 5) is 24.4. The van der Waals surface area contributed by atoms with Crippen LogP contribution in [0.25, 0.3) is 0 Å². The van der Waals surface area contributed by atoms with Crippen molar-refractivity contribution in [2.75, 3.05) is 19.6 Å². The molecule has 2 aliphatic rings. The van der Waals surface area contributed by atoms with Crippen LogP contribution < -0.4 is 5.32 Å². The number of hydrogen-bond donors (Lipinski definition) is 2. The molecule has 0 aromatic carbocycles. The largest absolute Gasteiger partial charge is 0.480 e. The van der Waals surface area contributed by atoms with E-state index in [-0.39, 0.29) is 12.5 Å². The average molecular weight is 240 g/mol. The summed E-state index contributed by atoms with van der Waals surface area (Å²) in [7, 11) is 0. The monoisotopic (exact) mass is 240 g/mol. The molecule has 0 spiro atoms. The smallest absolute Gasteiger partial charge is 0.320 e. The average Bonchev–Trinajstić information content (AvgIpc) is 2.63. The zero-order valence-electron chi connectivity index (χ0n) is 10.0. The van der Waals surface area contributed by atoms with E-state index in [0.717, 1.165) is 13.0 Å². The molecule has 0 radical (unpaired) electrons. The number of nitrogens with one attached hydrogen (secondary N) is 1. The quantitative estimate of drug-likeness (QED) is 0.732. The summed E-state index contributed by atoms with van der Waals surface area (Å²) in [5.41, 5.74) is 0. The van der Waals surface area contributed by atoms with E-state index < -0.39 is 12.0 Å². The van der Waals surface area contributed by atoms with E-state index in [2.05, 4.69) is 5.32 Å². The van der Waals surface area contributed by atoms with Crippen molar-refractivity contribution in [3.63, 3.8) is 0 Å². The first-order valence-corrected chi connectivity index (χ1v) is 6.40. The van der Waals surface area contributed by atoms with Gasteiger partial charge in [-0.2, -0.15) is 0 Å². The van der Waals surface area contributed by atoms with E-state index >= 15 is 0 Å². The number of amides is 1. The third-order valence-electron chi connectivity index (χ3n) is 3.81. The lowest BCUT2D eigenvalue weighted by molar-refractivity contribution is -0.142. The Morgan fingerprint density at radius 2 is 2.00 bits per heavy atom. The maximum Gasteiger partial charge on any atom is 0.320 e. The number of likely N-dealkylation sites (tertiary alicyclic amines) is 1. The minimum atomic E-state index is -0.811. The highest BCUT2D eigenvalue weighted by molar-refractivity contribution is 5.80. The van der Waals surface area contributed by atoms with Crippen LogP contribution in [0.15, 0.2) is 0 Å². The predicted molar refractivity (Wildman–Crippen MR) is 62.6 cm³/mol. The van der Waals surface area contributed by atoms with Gasteiger partial charge in [0.1, 0.15) is 6.04 Å². The summed E-state index contributed by atoms with van der Waals surface area (Å²) in [5.74, 6) is -0.202. The molecule has 1 aliphatic heterocycles. The zero-order chi connectivity index (χ0) is 12.3.